The van der Waals surface area contributed by atoms with Gasteiger partial charge < -0.3 is 11.1 Å². The molecule has 0 aliphatic rings. The van der Waals surface area contributed by atoms with E-state index in [1.54, 1.807) is 0 Å². The fourth-order valence-corrected chi connectivity index (χ4v) is 2.29. The molecule has 1 rings (SSSR count). The number of carbonyl (C=O) groups excluding carboxylic acids is 1. The molecule has 1 amide bonds. The first kappa shape index (κ1) is 17.5. The van der Waals surface area contributed by atoms with E-state index in [9.17, 15) is 4.79 Å². The van der Waals surface area contributed by atoms with E-state index in [1.165, 1.54) is 0 Å². The summed E-state index contributed by atoms with van der Waals surface area (Å²) < 4.78 is 0. The second-order valence-corrected chi connectivity index (χ2v) is 6.00. The summed E-state index contributed by atoms with van der Waals surface area (Å²) in [6.07, 6.45) is 0.940. The van der Waals surface area contributed by atoms with Crippen LogP contribution in [0.15, 0.2) is 24.3 Å². The van der Waals surface area contributed by atoms with Crippen molar-refractivity contribution in [2.45, 2.75) is 65.7 Å². The quantitative estimate of drug-likeness (QED) is 0.759. The van der Waals surface area contributed by atoms with E-state index in [1.807, 2.05) is 38.1 Å². The zero-order valence-corrected chi connectivity index (χ0v) is 13.9. The van der Waals surface area contributed by atoms with Gasteiger partial charge in [-0.1, -0.05) is 19.1 Å². The Balaban J connectivity index is 2.79. The molecule has 0 saturated heterocycles. The first-order chi connectivity index (χ1) is 9.85. The molecule has 4 nitrogen and oxygen atoms in total. The highest BCUT2D eigenvalue weighted by Crippen LogP contribution is 2.15. The van der Waals surface area contributed by atoms with Crippen LogP contribution in [0, 0.1) is 0 Å². The maximum absolute atomic E-state index is 12.3. The number of hydrogen-bond acceptors (Lipinski definition) is 3. The summed E-state index contributed by atoms with van der Waals surface area (Å²) in [5, 5.41) is 3.06. The molecule has 0 radical (unpaired) electrons. The van der Waals surface area contributed by atoms with Gasteiger partial charge in [-0.05, 0) is 51.8 Å². The van der Waals surface area contributed by atoms with Crippen LogP contribution in [0.3, 0.4) is 0 Å². The fraction of sp³-hybridized carbons (Fsp3) is 0.588. The predicted molar refractivity (Wildman–Crippen MR) is 88.9 cm³/mol. The van der Waals surface area contributed by atoms with E-state index in [2.05, 4.69) is 31.0 Å². The summed E-state index contributed by atoms with van der Waals surface area (Å²) in [4.78, 5) is 14.5. The molecule has 0 aromatic heterocycles. The molecule has 1 aromatic carbocycles. The van der Waals surface area contributed by atoms with Gasteiger partial charge in [-0.3, -0.25) is 9.69 Å². The van der Waals surface area contributed by atoms with Gasteiger partial charge in [0.25, 0.3) is 0 Å². The summed E-state index contributed by atoms with van der Waals surface area (Å²) in [6.45, 7) is 11.0. The Morgan fingerprint density at radius 1 is 1.29 bits per heavy atom. The molecule has 0 fully saturated rings. The third-order valence-corrected chi connectivity index (χ3v) is 3.86. The minimum absolute atomic E-state index is 0.0851. The number of nitrogen functional groups attached to an aromatic ring is 1. The van der Waals surface area contributed by atoms with Crippen molar-refractivity contribution in [1.82, 2.24) is 10.2 Å². The molecule has 0 bridgehead atoms. The second-order valence-electron chi connectivity index (χ2n) is 6.00. The molecule has 0 aliphatic heterocycles. The molecule has 4 heteroatoms. The van der Waals surface area contributed by atoms with Crippen molar-refractivity contribution in [2.24, 2.45) is 0 Å². The lowest BCUT2D eigenvalue weighted by Gasteiger charge is -2.32. The molecule has 21 heavy (non-hydrogen) atoms. The third-order valence-electron chi connectivity index (χ3n) is 3.86. The largest absolute Gasteiger partial charge is 0.399 e. The highest BCUT2D eigenvalue weighted by atomic mass is 16.2. The van der Waals surface area contributed by atoms with Crippen LogP contribution in [-0.2, 0) is 11.3 Å². The molecule has 0 heterocycles. The number of carbonyl (C=O) groups is 1. The predicted octanol–water partition coefficient (Wildman–Crippen LogP) is 2.78. The molecular weight excluding hydrogens is 262 g/mol. The van der Waals surface area contributed by atoms with Crippen molar-refractivity contribution in [3.8, 4) is 0 Å². The molecule has 0 aliphatic carbocycles. The lowest BCUT2D eigenvalue weighted by Crippen LogP contribution is -2.49. The van der Waals surface area contributed by atoms with E-state index in [0.717, 1.165) is 24.2 Å². The topological polar surface area (TPSA) is 58.4 Å². The first-order valence-corrected chi connectivity index (χ1v) is 7.75. The lowest BCUT2D eigenvalue weighted by atomic mass is 10.1. The van der Waals surface area contributed by atoms with Crippen molar-refractivity contribution in [2.75, 3.05) is 5.73 Å². The van der Waals surface area contributed by atoms with Crippen LogP contribution < -0.4 is 11.1 Å². The molecule has 2 atom stereocenters. The van der Waals surface area contributed by atoms with Gasteiger partial charge in [0, 0.05) is 24.3 Å². The smallest absolute Gasteiger partial charge is 0.237 e. The van der Waals surface area contributed by atoms with E-state index in [-0.39, 0.29) is 24.0 Å². The monoisotopic (exact) mass is 291 g/mol. The number of benzene rings is 1. The van der Waals surface area contributed by atoms with Gasteiger partial charge in [0.2, 0.25) is 5.91 Å². The van der Waals surface area contributed by atoms with Gasteiger partial charge in [0.15, 0.2) is 0 Å². The highest BCUT2D eigenvalue weighted by molar-refractivity contribution is 5.81. The number of nitrogens with two attached hydrogens (primary N) is 1. The number of hydrogen-bond donors (Lipinski definition) is 2. The summed E-state index contributed by atoms with van der Waals surface area (Å²) in [6, 6.07) is 8.17. The van der Waals surface area contributed by atoms with Crippen molar-refractivity contribution in [3.05, 3.63) is 29.8 Å². The Morgan fingerprint density at radius 2 is 1.95 bits per heavy atom. The SMILES string of the molecule is CCC(C)NC(=O)C(C)N(Cc1cccc(N)c1)C(C)C. The van der Waals surface area contributed by atoms with E-state index in [0.29, 0.717) is 0 Å². The van der Waals surface area contributed by atoms with Crippen LogP contribution in [-0.4, -0.2) is 28.9 Å². The summed E-state index contributed by atoms with van der Waals surface area (Å²) in [7, 11) is 0. The molecule has 0 spiro atoms. The zero-order valence-electron chi connectivity index (χ0n) is 13.9. The Hall–Kier alpha value is -1.55. The van der Waals surface area contributed by atoms with Crippen LogP contribution in [0.25, 0.3) is 0 Å². The minimum Gasteiger partial charge on any atom is -0.399 e. The molecule has 118 valence electrons. The van der Waals surface area contributed by atoms with Gasteiger partial charge in [-0.15, -0.1) is 0 Å². The molecule has 1 aromatic rings. The van der Waals surface area contributed by atoms with Crippen LogP contribution in [0.4, 0.5) is 5.69 Å². The maximum atomic E-state index is 12.3. The maximum Gasteiger partial charge on any atom is 0.237 e. The van der Waals surface area contributed by atoms with Gasteiger partial charge >= 0.3 is 0 Å². The summed E-state index contributed by atoms with van der Waals surface area (Å²) in [5.41, 5.74) is 7.72. The Bertz CT molecular complexity index is 459. The molecular formula is C17H29N3O. The van der Waals surface area contributed by atoms with Gasteiger partial charge in [-0.25, -0.2) is 0 Å². The average molecular weight is 291 g/mol. The molecule has 2 unspecified atom stereocenters. The number of anilines is 1. The summed E-state index contributed by atoms with van der Waals surface area (Å²) >= 11 is 0. The molecule has 3 N–H and O–H groups in total. The number of rotatable bonds is 7. The van der Waals surface area contributed by atoms with Gasteiger partial charge in [0.05, 0.1) is 6.04 Å². The van der Waals surface area contributed by atoms with Crippen molar-refractivity contribution < 1.29 is 4.79 Å². The average Bonchev–Trinajstić information content (AvgIpc) is 2.43. The van der Waals surface area contributed by atoms with Crippen LogP contribution in [0.2, 0.25) is 0 Å². The van der Waals surface area contributed by atoms with Crippen LogP contribution in [0.5, 0.6) is 0 Å². The normalized spacial score (nSPS) is 14.2. The highest BCUT2D eigenvalue weighted by Gasteiger charge is 2.24. The summed E-state index contributed by atoms with van der Waals surface area (Å²) in [5.74, 6) is 0.0851. The van der Waals surface area contributed by atoms with E-state index >= 15 is 0 Å². The Labute approximate surface area is 128 Å². The molecule has 0 saturated carbocycles. The van der Waals surface area contributed by atoms with E-state index in [4.69, 9.17) is 5.73 Å². The fourth-order valence-electron chi connectivity index (χ4n) is 2.29. The van der Waals surface area contributed by atoms with Crippen LogP contribution >= 0.6 is 0 Å². The first-order valence-electron chi connectivity index (χ1n) is 7.75. The van der Waals surface area contributed by atoms with E-state index < -0.39 is 0 Å². The number of nitrogens with one attached hydrogen (secondary N) is 1. The Kier molecular flexibility index (Phi) is 6.69. The second kappa shape index (κ2) is 8.03. The van der Waals surface area contributed by atoms with Gasteiger partial charge in [-0.2, -0.15) is 0 Å². The van der Waals surface area contributed by atoms with Crippen LogP contribution in [0.1, 0.15) is 46.6 Å². The van der Waals surface area contributed by atoms with Crippen molar-refractivity contribution in [1.29, 1.82) is 0 Å². The Morgan fingerprint density at radius 3 is 2.48 bits per heavy atom. The standard InChI is InChI=1S/C17H29N3O/c1-6-13(4)19-17(21)14(5)20(12(2)3)11-15-8-7-9-16(18)10-15/h7-10,12-14H,6,11,18H2,1-5H3,(H,19,21). The number of nitrogens with zero attached hydrogens (tertiary/aromatic N) is 1. The van der Waals surface area contributed by atoms with Crippen molar-refractivity contribution >= 4 is 11.6 Å². The number of amides is 1. The lowest BCUT2D eigenvalue weighted by molar-refractivity contribution is -0.127. The third kappa shape index (κ3) is 5.38. The van der Waals surface area contributed by atoms with Gasteiger partial charge in [0.1, 0.15) is 0 Å². The zero-order chi connectivity index (χ0) is 16.0. The van der Waals surface area contributed by atoms with Crippen molar-refractivity contribution in [3.63, 3.8) is 0 Å². The minimum atomic E-state index is -0.166.